The molecule has 0 amide bonds. The van der Waals surface area contributed by atoms with Gasteiger partial charge in [0.1, 0.15) is 0 Å². The Labute approximate surface area is 129 Å². The zero-order valence-corrected chi connectivity index (χ0v) is 13.1. The molecule has 0 spiro atoms. The smallest absolute Gasteiger partial charge is 0.00780 e. The van der Waals surface area contributed by atoms with E-state index in [0.29, 0.717) is 0 Å². The Kier molecular flexibility index (Phi) is 5.89. The largest absolute Gasteiger partial charge is 0.665 e. The Hall–Kier alpha value is -1.52. The van der Waals surface area contributed by atoms with Crippen LogP contribution in [-0.2, 0) is 0 Å². The van der Waals surface area contributed by atoms with Gasteiger partial charge < -0.3 is 10.6 Å². The molecule has 0 radical (unpaired) electrons. The van der Waals surface area contributed by atoms with Crippen LogP contribution >= 0.6 is 23.5 Å². The monoisotopic (exact) mass is 300 g/mol. The van der Waals surface area contributed by atoms with Gasteiger partial charge in [0.05, 0.1) is 0 Å². The van der Waals surface area contributed by atoms with Gasteiger partial charge in [-0.3, -0.25) is 0 Å². The lowest BCUT2D eigenvalue weighted by Crippen LogP contribution is -1.73. The van der Waals surface area contributed by atoms with Crippen molar-refractivity contribution in [2.45, 2.75) is 9.79 Å². The van der Waals surface area contributed by atoms with Crippen molar-refractivity contribution in [3.05, 3.63) is 71.6 Å². The fraction of sp³-hybridized carbons (Fsp3) is 0.125. The number of hydrogen-bond donors (Lipinski definition) is 0. The van der Waals surface area contributed by atoms with Crippen molar-refractivity contribution in [3.8, 4) is 0 Å². The fourth-order valence-electron chi connectivity index (χ4n) is 1.70. The van der Waals surface area contributed by atoms with Gasteiger partial charge in [0.15, 0.2) is 0 Å². The summed E-state index contributed by atoms with van der Waals surface area (Å²) in [5.41, 5.74) is 1.95. The fourth-order valence-corrected chi connectivity index (χ4v) is 2.79. The molecule has 20 heavy (non-hydrogen) atoms. The van der Waals surface area contributed by atoms with Crippen LogP contribution in [0.1, 0.15) is 0 Å². The van der Waals surface area contributed by atoms with Gasteiger partial charge >= 0.3 is 0 Å². The summed E-state index contributed by atoms with van der Waals surface area (Å²) in [6, 6.07) is 16.2. The second-order valence-corrected chi connectivity index (χ2v) is 5.60. The molecule has 0 aliphatic rings. The molecule has 2 aromatic carbocycles. The molecule has 0 bridgehead atoms. The van der Waals surface area contributed by atoms with Crippen molar-refractivity contribution in [3.63, 3.8) is 0 Å². The first-order valence-corrected chi connectivity index (χ1v) is 8.63. The number of thioether (sulfide) groups is 2. The predicted octanol–water partition coefficient (Wildman–Crippen LogP) is 6.31. The van der Waals surface area contributed by atoms with Crippen LogP contribution < -0.4 is 0 Å². The molecule has 104 valence electrons. The maximum atomic E-state index is 4.45. The summed E-state index contributed by atoms with van der Waals surface area (Å²) in [5.74, 6) is 0. The van der Waals surface area contributed by atoms with E-state index in [4.69, 9.17) is 0 Å². The Morgan fingerprint density at radius 1 is 0.700 bits per heavy atom. The first-order chi connectivity index (χ1) is 9.85. The van der Waals surface area contributed by atoms with Crippen LogP contribution in [-0.4, -0.2) is 12.5 Å². The SMILES string of the molecule is CSc1ccccc1[N-]/C=C/[N-]c1ccccc1SC. The molecule has 2 rings (SSSR count). The molecule has 0 aliphatic heterocycles. The van der Waals surface area contributed by atoms with E-state index in [1.54, 1.807) is 35.9 Å². The van der Waals surface area contributed by atoms with Gasteiger partial charge in [0.25, 0.3) is 0 Å². The molecular weight excluding hydrogens is 284 g/mol. The minimum absolute atomic E-state index is 0.976. The summed E-state index contributed by atoms with van der Waals surface area (Å²) in [5, 5.41) is 8.89. The summed E-state index contributed by atoms with van der Waals surface area (Å²) in [7, 11) is 0. The lowest BCUT2D eigenvalue weighted by atomic mass is 10.3. The van der Waals surface area contributed by atoms with E-state index in [1.807, 2.05) is 36.4 Å². The van der Waals surface area contributed by atoms with Crippen LogP contribution in [0.4, 0.5) is 11.4 Å². The maximum absolute atomic E-state index is 4.45. The number of rotatable bonds is 6. The van der Waals surface area contributed by atoms with Crippen molar-refractivity contribution >= 4 is 34.9 Å². The Morgan fingerprint density at radius 3 is 1.50 bits per heavy atom. The molecule has 0 fully saturated rings. The molecule has 4 heteroatoms. The summed E-state index contributed by atoms with van der Waals surface area (Å²) in [6.45, 7) is 0. The number of para-hydroxylation sites is 2. The Balaban J connectivity index is 1.97. The van der Waals surface area contributed by atoms with Gasteiger partial charge in [0.2, 0.25) is 0 Å². The maximum Gasteiger partial charge on any atom is -0.00780 e. The van der Waals surface area contributed by atoms with Gasteiger partial charge in [-0.1, -0.05) is 36.4 Å². The van der Waals surface area contributed by atoms with E-state index in [1.165, 1.54) is 9.79 Å². The first kappa shape index (κ1) is 14.9. The summed E-state index contributed by atoms with van der Waals surface area (Å²) in [4.78, 5) is 2.34. The minimum atomic E-state index is 0.976. The zero-order chi connectivity index (χ0) is 14.2. The Bertz CT molecular complexity index is 531. The van der Waals surface area contributed by atoms with Crippen molar-refractivity contribution in [2.24, 2.45) is 0 Å². The third kappa shape index (κ3) is 3.99. The molecule has 0 aromatic heterocycles. The molecule has 0 atom stereocenters. The van der Waals surface area contributed by atoms with Crippen molar-refractivity contribution in [1.29, 1.82) is 0 Å². The predicted molar refractivity (Wildman–Crippen MR) is 91.6 cm³/mol. The normalized spacial score (nSPS) is 10.7. The quantitative estimate of drug-likeness (QED) is 0.584. The third-order valence-corrected chi connectivity index (χ3v) is 4.23. The average molecular weight is 300 g/mol. The highest BCUT2D eigenvalue weighted by Crippen LogP contribution is 2.33. The van der Waals surface area contributed by atoms with Gasteiger partial charge in [-0.15, -0.1) is 34.9 Å². The van der Waals surface area contributed by atoms with E-state index in [-0.39, 0.29) is 0 Å². The van der Waals surface area contributed by atoms with E-state index >= 15 is 0 Å². The van der Waals surface area contributed by atoms with E-state index in [9.17, 15) is 0 Å². The molecule has 2 nitrogen and oxygen atoms in total. The summed E-state index contributed by atoms with van der Waals surface area (Å²) in [6.07, 6.45) is 7.59. The third-order valence-electron chi connectivity index (χ3n) is 2.66. The molecule has 0 heterocycles. The first-order valence-electron chi connectivity index (χ1n) is 6.18. The van der Waals surface area contributed by atoms with Crippen LogP contribution in [0.2, 0.25) is 0 Å². The lowest BCUT2D eigenvalue weighted by Gasteiger charge is -2.24. The van der Waals surface area contributed by atoms with E-state index in [2.05, 4.69) is 35.3 Å². The Morgan fingerprint density at radius 2 is 1.10 bits per heavy atom. The number of nitrogens with zero attached hydrogens (tertiary/aromatic N) is 2. The summed E-state index contributed by atoms with van der Waals surface area (Å²) < 4.78 is 0. The highest BCUT2D eigenvalue weighted by molar-refractivity contribution is 7.99. The standard InChI is InChI=1S/C16H16N2S2/c1-19-15-9-5-3-7-13(15)17-11-12-18-14-8-4-6-10-16(14)20-2/h3-12H,1-2H3/q-2/b12-11+. The van der Waals surface area contributed by atoms with Gasteiger partial charge in [-0.25, -0.2) is 0 Å². The lowest BCUT2D eigenvalue weighted by molar-refractivity contribution is 1.45. The highest BCUT2D eigenvalue weighted by Gasteiger charge is 1.89. The van der Waals surface area contributed by atoms with Crippen molar-refractivity contribution < 1.29 is 0 Å². The second-order valence-electron chi connectivity index (χ2n) is 3.90. The minimum Gasteiger partial charge on any atom is -0.665 e. The molecule has 2 aromatic rings. The molecule has 0 unspecified atom stereocenters. The van der Waals surface area contributed by atoms with Crippen molar-refractivity contribution in [2.75, 3.05) is 12.5 Å². The van der Waals surface area contributed by atoms with Crippen LogP contribution in [0, 0.1) is 0 Å². The molecule has 0 aliphatic carbocycles. The molecule has 0 N–H and O–H groups in total. The molecule has 0 saturated heterocycles. The average Bonchev–Trinajstić information content (AvgIpc) is 2.52. The topological polar surface area (TPSA) is 28.2 Å². The van der Waals surface area contributed by atoms with Gasteiger partial charge in [-0.05, 0) is 34.4 Å². The number of hydrogen-bond acceptors (Lipinski definition) is 2. The van der Waals surface area contributed by atoms with Gasteiger partial charge in [0, 0.05) is 0 Å². The van der Waals surface area contributed by atoms with Crippen LogP contribution in [0.3, 0.4) is 0 Å². The van der Waals surface area contributed by atoms with Crippen LogP contribution in [0.15, 0.2) is 70.7 Å². The van der Waals surface area contributed by atoms with Crippen LogP contribution in [0.25, 0.3) is 10.6 Å². The molecule has 0 saturated carbocycles. The van der Waals surface area contributed by atoms with E-state index in [0.717, 1.165) is 11.4 Å². The van der Waals surface area contributed by atoms with Crippen LogP contribution in [0.5, 0.6) is 0 Å². The van der Waals surface area contributed by atoms with Crippen molar-refractivity contribution in [1.82, 2.24) is 0 Å². The highest BCUT2D eigenvalue weighted by atomic mass is 32.2. The van der Waals surface area contributed by atoms with E-state index < -0.39 is 0 Å². The molecular formula is C16H16N2S2-2. The van der Waals surface area contributed by atoms with Gasteiger partial charge in [-0.2, -0.15) is 12.4 Å². The summed E-state index contributed by atoms with van der Waals surface area (Å²) >= 11 is 3.39. The second kappa shape index (κ2) is 7.92. The number of benzene rings is 2. The zero-order valence-electron chi connectivity index (χ0n) is 11.5.